The number of carboxylic acids is 1. The number of benzene rings is 2. The van der Waals surface area contributed by atoms with Gasteiger partial charge in [-0.15, -0.1) is 23.1 Å². The molecular formula is C24H24N2O5S2. The fourth-order valence-corrected chi connectivity index (χ4v) is 6.19. The van der Waals surface area contributed by atoms with Gasteiger partial charge in [0.1, 0.15) is 16.9 Å². The molecule has 33 heavy (non-hydrogen) atoms. The highest BCUT2D eigenvalue weighted by Gasteiger charge is 2.44. The van der Waals surface area contributed by atoms with Gasteiger partial charge in [0.15, 0.2) is 5.13 Å². The number of carbonyl (C=O) groups is 2. The number of thioether (sulfide) groups is 1. The number of rotatable bonds is 6. The SMILES string of the molecule is Cc1cc(O)c(C(C)C)cc1-c1csc(N2C(=O)C(CC(=O)O)SC2c2ccc(O)cc2)n1. The number of aliphatic carboxylic acids is 1. The number of hydrogen-bond acceptors (Lipinski definition) is 7. The lowest BCUT2D eigenvalue weighted by molar-refractivity contribution is -0.138. The maximum atomic E-state index is 13.2. The third kappa shape index (κ3) is 4.56. The second-order valence-corrected chi connectivity index (χ2v) is 10.4. The number of nitrogens with zero attached hydrogens (tertiary/aromatic N) is 2. The quantitative estimate of drug-likeness (QED) is 0.437. The lowest BCUT2D eigenvalue weighted by Gasteiger charge is -2.21. The number of thiazole rings is 1. The van der Waals surface area contributed by atoms with Gasteiger partial charge in [-0.1, -0.05) is 26.0 Å². The van der Waals surface area contributed by atoms with Crippen LogP contribution in [-0.2, 0) is 9.59 Å². The summed E-state index contributed by atoms with van der Waals surface area (Å²) in [5.74, 6) is -0.840. The van der Waals surface area contributed by atoms with E-state index in [2.05, 4.69) is 0 Å². The van der Waals surface area contributed by atoms with Gasteiger partial charge in [-0.25, -0.2) is 4.98 Å². The molecule has 1 aliphatic heterocycles. The van der Waals surface area contributed by atoms with Crippen molar-refractivity contribution in [3.05, 3.63) is 58.5 Å². The lowest BCUT2D eigenvalue weighted by atomic mass is 9.95. The molecule has 0 saturated carbocycles. The van der Waals surface area contributed by atoms with Crippen LogP contribution >= 0.6 is 23.1 Å². The number of hydrogen-bond donors (Lipinski definition) is 3. The summed E-state index contributed by atoms with van der Waals surface area (Å²) in [5.41, 5.74) is 4.04. The third-order valence-electron chi connectivity index (χ3n) is 5.55. The highest BCUT2D eigenvalue weighted by Crippen LogP contribution is 2.48. The monoisotopic (exact) mass is 484 g/mol. The maximum Gasteiger partial charge on any atom is 0.305 e. The summed E-state index contributed by atoms with van der Waals surface area (Å²) in [6, 6.07) is 10.2. The van der Waals surface area contributed by atoms with Gasteiger partial charge in [-0.05, 0) is 53.8 Å². The normalized spacial score (nSPS) is 18.3. The number of amides is 1. The number of phenols is 2. The molecule has 0 aliphatic carbocycles. The van der Waals surface area contributed by atoms with Crippen molar-refractivity contribution in [1.82, 2.24) is 4.98 Å². The van der Waals surface area contributed by atoms with Crippen LogP contribution in [0.5, 0.6) is 11.5 Å². The van der Waals surface area contributed by atoms with Crippen molar-refractivity contribution in [3.63, 3.8) is 0 Å². The largest absolute Gasteiger partial charge is 0.508 e. The highest BCUT2D eigenvalue weighted by atomic mass is 32.2. The number of carboxylic acid groups (broad SMARTS) is 1. The Hall–Kier alpha value is -3.04. The summed E-state index contributed by atoms with van der Waals surface area (Å²) >= 11 is 2.59. The molecule has 172 valence electrons. The molecular weight excluding hydrogens is 460 g/mol. The Bertz CT molecular complexity index is 1210. The van der Waals surface area contributed by atoms with E-state index in [4.69, 9.17) is 4.98 Å². The first kappa shape index (κ1) is 23.1. The average Bonchev–Trinajstić information content (AvgIpc) is 3.33. The van der Waals surface area contributed by atoms with Crippen molar-refractivity contribution in [1.29, 1.82) is 0 Å². The predicted octanol–water partition coefficient (Wildman–Crippen LogP) is 5.28. The zero-order chi connectivity index (χ0) is 23.9. The molecule has 2 heterocycles. The minimum absolute atomic E-state index is 0.113. The molecule has 7 nitrogen and oxygen atoms in total. The van der Waals surface area contributed by atoms with Crippen LogP contribution in [0.1, 0.15) is 48.3 Å². The maximum absolute atomic E-state index is 13.2. The molecule has 1 fully saturated rings. The summed E-state index contributed by atoms with van der Waals surface area (Å²) in [6.07, 6.45) is -0.276. The van der Waals surface area contributed by atoms with Crippen molar-refractivity contribution in [2.24, 2.45) is 0 Å². The fraction of sp³-hybridized carbons (Fsp3) is 0.292. The number of phenolic OH excluding ortho intramolecular Hbond substituents is 2. The third-order valence-corrected chi connectivity index (χ3v) is 7.83. The van der Waals surface area contributed by atoms with E-state index in [1.807, 2.05) is 32.2 Å². The van der Waals surface area contributed by atoms with E-state index in [1.54, 1.807) is 35.2 Å². The zero-order valence-corrected chi connectivity index (χ0v) is 20.0. The van der Waals surface area contributed by atoms with Crippen molar-refractivity contribution in [3.8, 4) is 22.8 Å². The first-order valence-electron chi connectivity index (χ1n) is 10.4. The Morgan fingerprint density at radius 2 is 1.88 bits per heavy atom. The van der Waals surface area contributed by atoms with Crippen LogP contribution < -0.4 is 4.90 Å². The molecule has 0 radical (unpaired) electrons. The second kappa shape index (κ2) is 9.07. The number of aryl methyl sites for hydroxylation is 1. The van der Waals surface area contributed by atoms with E-state index < -0.39 is 16.6 Å². The first-order chi connectivity index (χ1) is 15.7. The number of aromatic nitrogens is 1. The number of aromatic hydroxyl groups is 2. The molecule has 4 rings (SSSR count). The summed E-state index contributed by atoms with van der Waals surface area (Å²) in [7, 11) is 0. The minimum Gasteiger partial charge on any atom is -0.508 e. The molecule has 9 heteroatoms. The van der Waals surface area contributed by atoms with Gasteiger partial charge < -0.3 is 15.3 Å². The van der Waals surface area contributed by atoms with Crippen LogP contribution in [0.3, 0.4) is 0 Å². The summed E-state index contributed by atoms with van der Waals surface area (Å²) in [4.78, 5) is 30.8. The van der Waals surface area contributed by atoms with Gasteiger partial charge in [0, 0.05) is 10.9 Å². The minimum atomic E-state index is -1.03. The van der Waals surface area contributed by atoms with Crippen molar-refractivity contribution >= 4 is 40.1 Å². The van der Waals surface area contributed by atoms with Gasteiger partial charge in [0.25, 0.3) is 0 Å². The van der Waals surface area contributed by atoms with Gasteiger partial charge in [0.2, 0.25) is 5.91 Å². The predicted molar refractivity (Wildman–Crippen MR) is 130 cm³/mol. The fourth-order valence-electron chi connectivity index (χ4n) is 3.85. The molecule has 3 aromatic rings. The smallest absolute Gasteiger partial charge is 0.305 e. The van der Waals surface area contributed by atoms with E-state index in [0.29, 0.717) is 10.8 Å². The molecule has 1 aliphatic rings. The van der Waals surface area contributed by atoms with E-state index in [-0.39, 0.29) is 29.7 Å². The van der Waals surface area contributed by atoms with Crippen molar-refractivity contribution in [2.45, 2.75) is 43.7 Å². The van der Waals surface area contributed by atoms with E-state index >= 15 is 0 Å². The van der Waals surface area contributed by atoms with Gasteiger partial charge >= 0.3 is 5.97 Å². The number of anilines is 1. The van der Waals surface area contributed by atoms with Crippen LogP contribution in [0.15, 0.2) is 41.8 Å². The Balaban J connectivity index is 1.74. The van der Waals surface area contributed by atoms with Crippen LogP contribution in [0.25, 0.3) is 11.3 Å². The first-order valence-corrected chi connectivity index (χ1v) is 12.3. The molecule has 3 N–H and O–H groups in total. The molecule has 2 aromatic carbocycles. The average molecular weight is 485 g/mol. The summed E-state index contributed by atoms with van der Waals surface area (Å²) < 4.78 is 0. The zero-order valence-electron chi connectivity index (χ0n) is 18.3. The lowest BCUT2D eigenvalue weighted by Crippen LogP contribution is -2.31. The molecule has 0 spiro atoms. The van der Waals surface area contributed by atoms with E-state index in [1.165, 1.54) is 23.1 Å². The molecule has 1 amide bonds. The van der Waals surface area contributed by atoms with E-state index in [0.717, 1.165) is 22.3 Å². The molecule has 2 atom stereocenters. The van der Waals surface area contributed by atoms with Gasteiger partial charge in [-0.3, -0.25) is 14.5 Å². The summed E-state index contributed by atoms with van der Waals surface area (Å²) in [5, 5.41) is 30.4. The Labute approximate surface area is 199 Å². The molecule has 0 bridgehead atoms. The van der Waals surface area contributed by atoms with Crippen LogP contribution in [0.2, 0.25) is 0 Å². The molecule has 1 aromatic heterocycles. The van der Waals surface area contributed by atoms with Gasteiger partial charge in [0.05, 0.1) is 17.4 Å². The van der Waals surface area contributed by atoms with Crippen molar-refractivity contribution < 1.29 is 24.9 Å². The number of carbonyl (C=O) groups excluding carboxylic acids is 1. The van der Waals surface area contributed by atoms with Crippen LogP contribution in [-0.4, -0.2) is 37.4 Å². The Kier molecular flexibility index (Phi) is 6.36. The topological polar surface area (TPSA) is 111 Å². The Morgan fingerprint density at radius 1 is 1.18 bits per heavy atom. The molecule has 1 saturated heterocycles. The molecule has 2 unspecified atom stereocenters. The van der Waals surface area contributed by atoms with Crippen LogP contribution in [0.4, 0.5) is 5.13 Å². The Morgan fingerprint density at radius 3 is 2.52 bits per heavy atom. The highest BCUT2D eigenvalue weighted by molar-refractivity contribution is 8.01. The second-order valence-electron chi connectivity index (χ2n) is 8.27. The van der Waals surface area contributed by atoms with Gasteiger partial charge in [-0.2, -0.15) is 0 Å². The summed E-state index contributed by atoms with van der Waals surface area (Å²) in [6.45, 7) is 5.91. The van der Waals surface area contributed by atoms with Crippen molar-refractivity contribution in [2.75, 3.05) is 4.90 Å². The van der Waals surface area contributed by atoms with E-state index in [9.17, 15) is 24.9 Å². The standard InChI is InChI=1S/C24H24N2O5S2/c1-12(2)16-9-17(13(3)8-19(16)28)18-11-32-24(25-18)26-22(31)20(10-21(29)30)33-23(26)14-4-6-15(27)7-5-14/h4-9,11-12,20,23,27-28H,10H2,1-3H3,(H,29,30). The van der Waals surface area contributed by atoms with Crippen LogP contribution in [0, 0.1) is 6.92 Å².